The molecule has 9 aliphatic rings. The number of carbonyl (C=O) groups excluding carboxylic acids is 5. The van der Waals surface area contributed by atoms with Crippen LogP contribution in [0.5, 0.6) is 0 Å². The number of rotatable bonds is 15. The molecule has 1 saturated heterocycles. The van der Waals surface area contributed by atoms with E-state index in [1.54, 1.807) is 53.1 Å². The third-order valence-electron chi connectivity index (χ3n) is 22.4. The van der Waals surface area contributed by atoms with Gasteiger partial charge in [0.25, 0.3) is 0 Å². The average Bonchev–Trinajstić information content (AvgIpc) is 4.30. The third kappa shape index (κ3) is 15.6. The maximum Gasteiger partial charge on any atom is 0.317 e. The van der Waals surface area contributed by atoms with Gasteiger partial charge in [-0.15, -0.1) is 0 Å². The van der Waals surface area contributed by atoms with E-state index in [-0.39, 0.29) is 64.6 Å². The van der Waals surface area contributed by atoms with Gasteiger partial charge in [-0.3, -0.25) is 24.0 Å². The smallest absolute Gasteiger partial charge is 0.317 e. The first-order valence-electron chi connectivity index (χ1n) is 30.6. The number of cyclic esters (lactones) is 2. The van der Waals surface area contributed by atoms with Gasteiger partial charge in [-0.05, 0) is 186 Å². The fourth-order valence-corrected chi connectivity index (χ4v) is 14.8. The standard InChI is InChI=1S/C15H26O2.C14H22.C10H20O4.C10H20O2.C9H16.C6H8O3/c1-6-10(2)13(16)17-12-9-11-7-8-15(12,5)14(11,3)4;1-7-8(2)12-6-11(7)13-9-3-4-10(5-9)14(12)13;1-4-9(2)10(11)14-8-7-13-6-5-12-3;1-6-8(3)9(11)12-10(4,5)7-2;1-6-7(2)9-4-3-8(6)5-9;1-3-4(2)6(8)9-5(3)7/h10-12H,6-9H2,1-5H3;7-14H,3-6H2,1-2H3;9H,4-8H2,1-3H3;8H,6-7H2,1-5H3;6-9H,3-5H2,1-2H3;3-4H,1-2H3. The summed E-state index contributed by atoms with van der Waals surface area (Å²) in [5.74, 6) is 12.7. The van der Waals surface area contributed by atoms with Crippen LogP contribution in [0.3, 0.4) is 0 Å². The fraction of sp³-hybridized carbons (Fsp3) is 0.922. The van der Waals surface area contributed by atoms with E-state index in [9.17, 15) is 24.0 Å². The van der Waals surface area contributed by atoms with Crippen LogP contribution in [-0.2, 0) is 52.4 Å². The lowest BCUT2D eigenvalue weighted by atomic mass is 9.64. The summed E-state index contributed by atoms with van der Waals surface area (Å²) >= 11 is 0. The molecule has 9 fully saturated rings. The van der Waals surface area contributed by atoms with Crippen molar-refractivity contribution >= 4 is 29.8 Å². The first-order valence-corrected chi connectivity index (χ1v) is 30.6. The monoisotopic (exact) mass is 1060 g/mol. The van der Waals surface area contributed by atoms with Crippen molar-refractivity contribution in [3.05, 3.63) is 0 Å². The second-order valence-electron chi connectivity index (χ2n) is 26.9. The number of esters is 5. The van der Waals surface area contributed by atoms with Crippen LogP contribution in [0.1, 0.15) is 215 Å². The number of methoxy groups -OCH3 is 1. The summed E-state index contributed by atoms with van der Waals surface area (Å²) < 4.78 is 30.3. The van der Waals surface area contributed by atoms with E-state index in [4.69, 9.17) is 23.7 Å². The lowest BCUT2D eigenvalue weighted by molar-refractivity contribution is -0.162. The van der Waals surface area contributed by atoms with E-state index in [1.807, 2.05) is 62.3 Å². The summed E-state index contributed by atoms with van der Waals surface area (Å²) in [4.78, 5) is 55.5. The predicted molar refractivity (Wildman–Crippen MR) is 298 cm³/mol. The Labute approximate surface area is 457 Å². The molecule has 11 nitrogen and oxygen atoms in total. The van der Waals surface area contributed by atoms with Crippen molar-refractivity contribution in [1.82, 2.24) is 0 Å². The van der Waals surface area contributed by atoms with Crippen LogP contribution in [0, 0.1) is 117 Å². The highest BCUT2D eigenvalue weighted by Crippen LogP contribution is 2.70. The van der Waals surface area contributed by atoms with Gasteiger partial charge in [0.2, 0.25) is 0 Å². The van der Waals surface area contributed by atoms with Gasteiger partial charge in [-0.1, -0.05) is 111 Å². The zero-order valence-corrected chi connectivity index (χ0v) is 51.2. The van der Waals surface area contributed by atoms with E-state index in [2.05, 4.69) is 53.2 Å². The molecule has 434 valence electrons. The number of ether oxygens (including phenoxy) is 6. The Morgan fingerprint density at radius 3 is 1.44 bits per heavy atom. The van der Waals surface area contributed by atoms with E-state index in [1.165, 1.54) is 49.4 Å². The molecule has 0 radical (unpaired) electrons. The quantitative estimate of drug-likeness (QED) is 0.0509. The molecule has 0 N–H and O–H groups in total. The van der Waals surface area contributed by atoms with Crippen LogP contribution in [0.15, 0.2) is 0 Å². The fourth-order valence-electron chi connectivity index (χ4n) is 14.8. The van der Waals surface area contributed by atoms with Gasteiger partial charge in [-0.25, -0.2) is 0 Å². The molecule has 8 aliphatic carbocycles. The average molecular weight is 1060 g/mol. The molecular weight excluding hydrogens is 945 g/mol. The minimum Gasteiger partial charge on any atom is -0.463 e. The van der Waals surface area contributed by atoms with Crippen molar-refractivity contribution in [2.45, 2.75) is 226 Å². The molecule has 8 saturated carbocycles. The zero-order valence-electron chi connectivity index (χ0n) is 51.2. The SMILES string of the molecule is CC1C(=O)OC(=O)C1C.CC1C(C)C2CC1C1C3CCC(C3)C21.CC1C2CCC(C2)C1C.CCC(C)C(=O)OC(C)(C)CC.CCC(C)C(=O)OC1CC2CCC1(C)C2(C)C.CCC(C)C(=O)OCCOCCOC. The van der Waals surface area contributed by atoms with Crippen LogP contribution in [0.25, 0.3) is 0 Å². The van der Waals surface area contributed by atoms with E-state index < -0.39 is 11.9 Å². The highest BCUT2D eigenvalue weighted by molar-refractivity contribution is 5.95. The molecule has 11 heteroatoms. The third-order valence-corrected chi connectivity index (χ3v) is 22.4. The molecular formula is C64H112O11. The van der Waals surface area contributed by atoms with Gasteiger partial charge in [0.15, 0.2) is 0 Å². The zero-order chi connectivity index (χ0) is 56.3. The van der Waals surface area contributed by atoms with Crippen LogP contribution >= 0.6 is 0 Å². The molecule has 9 rings (SSSR count). The summed E-state index contributed by atoms with van der Waals surface area (Å²) in [6.07, 6.45) is 18.2. The van der Waals surface area contributed by atoms with E-state index in [0.717, 1.165) is 85.4 Å². The minimum atomic E-state index is -0.396. The molecule has 75 heavy (non-hydrogen) atoms. The lowest BCUT2D eigenvalue weighted by Crippen LogP contribution is -2.39. The van der Waals surface area contributed by atoms with Gasteiger partial charge in [-0.2, -0.15) is 0 Å². The van der Waals surface area contributed by atoms with Crippen molar-refractivity contribution in [2.75, 3.05) is 33.5 Å². The minimum absolute atomic E-state index is 0.00192. The Balaban J connectivity index is 0.000000197. The van der Waals surface area contributed by atoms with Crippen LogP contribution < -0.4 is 0 Å². The van der Waals surface area contributed by atoms with E-state index in [0.29, 0.717) is 31.8 Å². The first kappa shape index (κ1) is 65.0. The van der Waals surface area contributed by atoms with Gasteiger partial charge >= 0.3 is 29.8 Å². The predicted octanol–water partition coefficient (Wildman–Crippen LogP) is 14.4. The van der Waals surface area contributed by atoms with Crippen molar-refractivity contribution in [3.63, 3.8) is 0 Å². The topological polar surface area (TPSA) is 141 Å². The van der Waals surface area contributed by atoms with Gasteiger partial charge in [0.05, 0.1) is 49.4 Å². The Hall–Kier alpha value is -2.53. The molecule has 0 amide bonds. The molecule has 0 aromatic rings. The Bertz CT molecular complexity index is 1760. The molecule has 20 unspecified atom stereocenters. The molecule has 1 heterocycles. The van der Waals surface area contributed by atoms with Gasteiger partial charge < -0.3 is 28.4 Å². The first-order chi connectivity index (χ1) is 35.2. The Morgan fingerprint density at radius 2 is 1.05 bits per heavy atom. The van der Waals surface area contributed by atoms with Gasteiger partial charge in [0, 0.05) is 12.5 Å². The van der Waals surface area contributed by atoms with Crippen molar-refractivity contribution < 1.29 is 52.4 Å². The second kappa shape index (κ2) is 28.6. The maximum atomic E-state index is 11.9. The van der Waals surface area contributed by atoms with Crippen molar-refractivity contribution in [3.8, 4) is 0 Å². The number of hydrogen-bond donors (Lipinski definition) is 0. The highest BCUT2D eigenvalue weighted by atomic mass is 16.6. The van der Waals surface area contributed by atoms with Crippen LogP contribution in [-0.4, -0.2) is 75.1 Å². The molecule has 0 aromatic carbocycles. The molecule has 0 spiro atoms. The highest BCUT2D eigenvalue weighted by Gasteiger charge is 2.64. The summed E-state index contributed by atoms with van der Waals surface area (Å²) in [6.45, 7) is 39.8. The van der Waals surface area contributed by atoms with E-state index >= 15 is 0 Å². The largest absolute Gasteiger partial charge is 0.463 e. The summed E-state index contributed by atoms with van der Waals surface area (Å²) in [7, 11) is 1.62. The van der Waals surface area contributed by atoms with Crippen LogP contribution in [0.4, 0.5) is 0 Å². The lowest BCUT2D eigenvalue weighted by Gasteiger charge is -2.41. The van der Waals surface area contributed by atoms with Crippen molar-refractivity contribution in [2.24, 2.45) is 117 Å². The van der Waals surface area contributed by atoms with Crippen molar-refractivity contribution in [1.29, 1.82) is 0 Å². The Kier molecular flexibility index (Phi) is 24.8. The maximum absolute atomic E-state index is 11.9. The van der Waals surface area contributed by atoms with Crippen LogP contribution in [0.2, 0.25) is 0 Å². The summed E-state index contributed by atoms with van der Waals surface area (Å²) in [5.41, 5.74) is 0.217. The number of fused-ring (bicyclic) bond motifs is 13. The molecule has 1 aliphatic heterocycles. The molecule has 20 atom stereocenters. The summed E-state index contributed by atoms with van der Waals surface area (Å²) in [6, 6.07) is 0. The second-order valence-corrected chi connectivity index (χ2v) is 26.9. The number of hydrogen-bond acceptors (Lipinski definition) is 11. The normalized spacial score (nSPS) is 37.6. The Morgan fingerprint density at radius 1 is 0.600 bits per heavy atom. The molecule has 0 aromatic heterocycles. The van der Waals surface area contributed by atoms with Gasteiger partial charge in [0.1, 0.15) is 18.3 Å². The summed E-state index contributed by atoms with van der Waals surface area (Å²) in [5, 5.41) is 0. The number of carbonyl (C=O) groups is 5. The molecule has 8 bridgehead atoms.